The average Bonchev–Trinajstić information content (AvgIpc) is 2.50. The van der Waals surface area contributed by atoms with E-state index in [1.807, 2.05) is 0 Å². The van der Waals surface area contributed by atoms with Gasteiger partial charge in [-0.15, -0.1) is 0 Å². The van der Waals surface area contributed by atoms with Gasteiger partial charge in [0.25, 0.3) is 5.56 Å². The van der Waals surface area contributed by atoms with E-state index in [1.54, 1.807) is 6.92 Å². The summed E-state index contributed by atoms with van der Waals surface area (Å²) in [5.74, 6) is -2.73. The van der Waals surface area contributed by atoms with Crippen LogP contribution in [-0.2, 0) is 6.42 Å². The van der Waals surface area contributed by atoms with Crippen molar-refractivity contribution in [2.45, 2.75) is 13.3 Å². The quantitative estimate of drug-likeness (QED) is 0.789. The van der Waals surface area contributed by atoms with Crippen molar-refractivity contribution in [1.29, 1.82) is 0 Å². The molecular formula is C16H11F3N2O2. The van der Waals surface area contributed by atoms with Crippen molar-refractivity contribution in [3.05, 3.63) is 74.1 Å². The normalized spacial score (nSPS) is 11.1. The third kappa shape index (κ3) is 2.44. The van der Waals surface area contributed by atoms with Gasteiger partial charge in [0.05, 0.1) is 11.1 Å². The van der Waals surface area contributed by atoms with Crippen LogP contribution in [0.15, 0.2) is 39.9 Å². The maximum absolute atomic E-state index is 14.2. The van der Waals surface area contributed by atoms with E-state index < -0.39 is 28.4 Å². The Labute approximate surface area is 127 Å². The Balaban J connectivity index is 2.52. The summed E-state index contributed by atoms with van der Waals surface area (Å²) in [4.78, 5) is 25.9. The zero-order chi connectivity index (χ0) is 16.7. The van der Waals surface area contributed by atoms with Crippen LogP contribution < -0.4 is 11.0 Å². The molecule has 0 amide bonds. The van der Waals surface area contributed by atoms with Crippen LogP contribution in [-0.4, -0.2) is 9.55 Å². The monoisotopic (exact) mass is 320 g/mol. The summed E-state index contributed by atoms with van der Waals surface area (Å²) in [6.45, 7) is 1.74. The zero-order valence-electron chi connectivity index (χ0n) is 12.0. The first-order valence-corrected chi connectivity index (χ1v) is 6.85. The fourth-order valence-corrected chi connectivity index (χ4v) is 2.49. The third-order valence-electron chi connectivity index (χ3n) is 3.56. The van der Waals surface area contributed by atoms with E-state index in [4.69, 9.17) is 0 Å². The number of nitrogens with zero attached hydrogens (tertiary/aromatic N) is 1. The molecule has 0 unspecified atom stereocenters. The highest BCUT2D eigenvalue weighted by molar-refractivity contribution is 5.77. The van der Waals surface area contributed by atoms with Crippen LogP contribution in [0.25, 0.3) is 16.7 Å². The lowest BCUT2D eigenvalue weighted by atomic mass is 10.1. The number of benzene rings is 1. The predicted octanol–water partition coefficient (Wildman–Crippen LogP) is 2.66. The molecule has 1 aromatic carbocycles. The van der Waals surface area contributed by atoms with Gasteiger partial charge in [0.15, 0.2) is 11.2 Å². The summed E-state index contributed by atoms with van der Waals surface area (Å²) in [6, 6.07) is 5.00. The lowest BCUT2D eigenvalue weighted by Gasteiger charge is -2.16. The molecule has 2 aromatic heterocycles. The Hall–Kier alpha value is -2.83. The number of nitrogens with one attached hydrogen (secondary N) is 1. The van der Waals surface area contributed by atoms with Gasteiger partial charge in [0, 0.05) is 17.8 Å². The third-order valence-corrected chi connectivity index (χ3v) is 3.56. The van der Waals surface area contributed by atoms with Crippen LogP contribution >= 0.6 is 0 Å². The highest BCUT2D eigenvalue weighted by atomic mass is 19.1. The fraction of sp³-hybridized carbons (Fsp3) is 0.125. The lowest BCUT2D eigenvalue weighted by Crippen LogP contribution is -2.20. The van der Waals surface area contributed by atoms with Gasteiger partial charge >= 0.3 is 0 Å². The first-order chi connectivity index (χ1) is 10.9. The van der Waals surface area contributed by atoms with E-state index in [2.05, 4.69) is 4.98 Å². The van der Waals surface area contributed by atoms with Crippen molar-refractivity contribution in [2.24, 2.45) is 0 Å². The number of hydrogen-bond donors (Lipinski definition) is 1. The Bertz CT molecular complexity index is 1040. The first kappa shape index (κ1) is 15.1. The van der Waals surface area contributed by atoms with Crippen molar-refractivity contribution >= 4 is 11.0 Å². The Morgan fingerprint density at radius 3 is 2.43 bits per heavy atom. The smallest absolute Gasteiger partial charge is 0.285 e. The van der Waals surface area contributed by atoms with Gasteiger partial charge in [-0.25, -0.2) is 13.2 Å². The summed E-state index contributed by atoms with van der Waals surface area (Å²) in [5, 5.41) is -0.0944. The topological polar surface area (TPSA) is 54.9 Å². The fourth-order valence-electron chi connectivity index (χ4n) is 2.49. The molecule has 2 heterocycles. The molecule has 118 valence electrons. The molecule has 0 radical (unpaired) electrons. The van der Waals surface area contributed by atoms with Crippen LogP contribution in [0.5, 0.6) is 0 Å². The first-order valence-electron chi connectivity index (χ1n) is 6.85. The molecule has 4 nitrogen and oxygen atoms in total. The van der Waals surface area contributed by atoms with Crippen LogP contribution in [0.3, 0.4) is 0 Å². The van der Waals surface area contributed by atoms with Crippen molar-refractivity contribution in [3.8, 4) is 5.69 Å². The minimum absolute atomic E-state index is 0.0359. The number of fused-ring (bicyclic) bond motifs is 1. The number of aromatic nitrogens is 2. The largest absolute Gasteiger partial charge is 0.305 e. The number of aromatic amines is 1. The van der Waals surface area contributed by atoms with Gasteiger partial charge in [0.2, 0.25) is 0 Å². The zero-order valence-corrected chi connectivity index (χ0v) is 12.0. The number of aryl methyl sites for hydroxylation is 1. The van der Waals surface area contributed by atoms with Crippen molar-refractivity contribution < 1.29 is 13.2 Å². The van der Waals surface area contributed by atoms with E-state index in [1.165, 1.54) is 16.7 Å². The number of halogens is 3. The molecule has 0 atom stereocenters. The molecule has 3 aromatic rings. The summed E-state index contributed by atoms with van der Waals surface area (Å²) in [7, 11) is 0. The maximum Gasteiger partial charge on any atom is 0.285 e. The molecule has 0 bridgehead atoms. The molecule has 0 aliphatic rings. The van der Waals surface area contributed by atoms with Gasteiger partial charge < -0.3 is 4.98 Å². The van der Waals surface area contributed by atoms with Crippen LogP contribution in [0.2, 0.25) is 0 Å². The minimum atomic E-state index is -1.11. The van der Waals surface area contributed by atoms with Gasteiger partial charge in [-0.1, -0.05) is 6.92 Å². The Morgan fingerprint density at radius 2 is 1.78 bits per heavy atom. The summed E-state index contributed by atoms with van der Waals surface area (Å²) in [6.07, 6.45) is 0.349. The van der Waals surface area contributed by atoms with Crippen LogP contribution in [0, 0.1) is 17.5 Å². The molecule has 0 saturated heterocycles. The Kier molecular flexibility index (Phi) is 3.55. The molecule has 0 fully saturated rings. The second-order valence-electron chi connectivity index (χ2n) is 4.99. The minimum Gasteiger partial charge on any atom is -0.305 e. The van der Waals surface area contributed by atoms with Crippen LogP contribution in [0.4, 0.5) is 13.2 Å². The molecule has 0 aliphatic heterocycles. The van der Waals surface area contributed by atoms with E-state index >= 15 is 0 Å². The molecule has 0 spiro atoms. The Morgan fingerprint density at radius 1 is 1.04 bits per heavy atom. The van der Waals surface area contributed by atoms with Gasteiger partial charge in [0.1, 0.15) is 17.3 Å². The van der Waals surface area contributed by atoms with Crippen molar-refractivity contribution in [2.75, 3.05) is 0 Å². The molecule has 3 rings (SSSR count). The number of hydrogen-bond acceptors (Lipinski definition) is 2. The summed E-state index contributed by atoms with van der Waals surface area (Å²) in [5.41, 5.74) is -1.20. The number of pyridine rings is 2. The van der Waals surface area contributed by atoms with E-state index in [-0.39, 0.29) is 16.7 Å². The SMILES string of the molecule is CCc1cc(=O)c2cc(F)c(=O)[nH]c2n1-c1ccc(F)cc1F. The highest BCUT2D eigenvalue weighted by Gasteiger charge is 2.16. The molecule has 7 heteroatoms. The number of H-pyrrole nitrogens is 1. The highest BCUT2D eigenvalue weighted by Crippen LogP contribution is 2.21. The average molecular weight is 320 g/mol. The van der Waals surface area contributed by atoms with Gasteiger partial charge in [-0.2, -0.15) is 0 Å². The van der Waals surface area contributed by atoms with Gasteiger partial charge in [-0.05, 0) is 24.6 Å². The van der Waals surface area contributed by atoms with Crippen molar-refractivity contribution in [1.82, 2.24) is 9.55 Å². The van der Waals surface area contributed by atoms with E-state index in [0.29, 0.717) is 18.2 Å². The van der Waals surface area contributed by atoms with E-state index in [0.717, 1.165) is 12.1 Å². The maximum atomic E-state index is 14.2. The van der Waals surface area contributed by atoms with Gasteiger partial charge in [-0.3, -0.25) is 14.2 Å². The molecule has 1 N–H and O–H groups in total. The standard InChI is InChI=1S/C16H11F3N2O2/c1-2-9-6-14(22)10-7-12(19)16(23)20-15(10)21(9)13-4-3-8(17)5-11(13)18/h3-7H,2H2,1H3,(H,20,23). The summed E-state index contributed by atoms with van der Waals surface area (Å²) < 4.78 is 42.0. The van der Waals surface area contributed by atoms with E-state index in [9.17, 15) is 22.8 Å². The molecule has 0 aliphatic carbocycles. The molecule has 23 heavy (non-hydrogen) atoms. The lowest BCUT2D eigenvalue weighted by molar-refractivity contribution is 0.577. The summed E-state index contributed by atoms with van der Waals surface area (Å²) >= 11 is 0. The second-order valence-corrected chi connectivity index (χ2v) is 4.99. The second kappa shape index (κ2) is 5.42. The van der Waals surface area contributed by atoms with Crippen LogP contribution in [0.1, 0.15) is 12.6 Å². The van der Waals surface area contributed by atoms with Crippen molar-refractivity contribution in [3.63, 3.8) is 0 Å². The molecular weight excluding hydrogens is 309 g/mol. The number of rotatable bonds is 2. The predicted molar refractivity (Wildman–Crippen MR) is 79.4 cm³/mol. The molecule has 0 saturated carbocycles.